The summed E-state index contributed by atoms with van der Waals surface area (Å²) in [6.45, 7) is 5.72. The van der Waals surface area contributed by atoms with Crippen LogP contribution in [0.4, 0.5) is 0 Å². The van der Waals surface area contributed by atoms with Gasteiger partial charge in [0, 0.05) is 19.1 Å². The van der Waals surface area contributed by atoms with Crippen molar-refractivity contribution in [3.05, 3.63) is 29.3 Å². The number of nitrogens with zero attached hydrogens (tertiary/aromatic N) is 1. The molecule has 1 saturated carbocycles. The summed E-state index contributed by atoms with van der Waals surface area (Å²) in [5.41, 5.74) is 2.43. The van der Waals surface area contributed by atoms with E-state index in [0.717, 1.165) is 50.4 Å². The molecule has 0 heterocycles. The molecule has 24 heavy (non-hydrogen) atoms. The van der Waals surface area contributed by atoms with Gasteiger partial charge in [0.25, 0.3) is 0 Å². The molecule has 0 atom stereocenters. The Labute approximate surface area is 145 Å². The Bertz CT molecular complexity index is 537. The molecule has 3 N–H and O–H groups in total. The van der Waals surface area contributed by atoms with Crippen molar-refractivity contribution >= 4 is 5.96 Å². The second-order valence-corrected chi connectivity index (χ2v) is 6.48. The van der Waals surface area contributed by atoms with Crippen LogP contribution in [0.2, 0.25) is 0 Å². The molecule has 1 aromatic carbocycles. The van der Waals surface area contributed by atoms with Gasteiger partial charge in [-0.25, -0.2) is 0 Å². The lowest BCUT2D eigenvalue weighted by molar-refractivity contribution is 0.120. The summed E-state index contributed by atoms with van der Waals surface area (Å²) in [5.74, 6) is 1.79. The number of ether oxygens (including phenoxy) is 1. The van der Waals surface area contributed by atoms with E-state index in [1.54, 1.807) is 7.11 Å². The number of hydrogen-bond donors (Lipinski definition) is 3. The largest absolute Gasteiger partial charge is 0.496 e. The third kappa shape index (κ3) is 5.71. The molecule has 0 bridgehead atoms. The molecule has 0 amide bonds. The number of methoxy groups -OCH3 is 1. The minimum absolute atomic E-state index is 0.128. The predicted octanol–water partition coefficient (Wildman–Crippen LogP) is 2.40. The number of benzene rings is 1. The predicted molar refractivity (Wildman–Crippen MR) is 98.8 cm³/mol. The Morgan fingerprint density at radius 2 is 2.04 bits per heavy atom. The first-order chi connectivity index (χ1) is 11.6. The van der Waals surface area contributed by atoms with Crippen molar-refractivity contribution < 1.29 is 9.84 Å². The SMILES string of the molecule is CCNC(=NCCc1cc(C)ccc1OC)NC1CCC(O)CC1. The normalized spacial score (nSPS) is 21.4. The van der Waals surface area contributed by atoms with Crippen LogP contribution in [-0.4, -0.2) is 43.4 Å². The van der Waals surface area contributed by atoms with Gasteiger partial charge in [-0.05, 0) is 57.6 Å². The molecule has 1 aliphatic rings. The lowest BCUT2D eigenvalue weighted by atomic mass is 9.93. The Hall–Kier alpha value is -1.75. The van der Waals surface area contributed by atoms with E-state index in [4.69, 9.17) is 9.73 Å². The van der Waals surface area contributed by atoms with E-state index in [1.807, 2.05) is 6.07 Å². The summed E-state index contributed by atoms with van der Waals surface area (Å²) < 4.78 is 5.43. The zero-order chi connectivity index (χ0) is 17.4. The van der Waals surface area contributed by atoms with Gasteiger partial charge in [-0.15, -0.1) is 0 Å². The first-order valence-corrected chi connectivity index (χ1v) is 8.98. The molecular formula is C19H31N3O2. The lowest BCUT2D eigenvalue weighted by Crippen LogP contribution is -2.45. The van der Waals surface area contributed by atoms with Gasteiger partial charge >= 0.3 is 0 Å². The number of rotatable bonds is 6. The summed E-state index contributed by atoms with van der Waals surface area (Å²) in [4.78, 5) is 4.70. The van der Waals surface area contributed by atoms with Gasteiger partial charge in [0.2, 0.25) is 0 Å². The fraction of sp³-hybridized carbons (Fsp3) is 0.632. The minimum atomic E-state index is -0.128. The summed E-state index contributed by atoms with van der Waals surface area (Å²) in [6.07, 6.45) is 4.46. The van der Waals surface area contributed by atoms with Crippen LogP contribution in [0.25, 0.3) is 0 Å². The number of aliphatic hydroxyl groups excluding tert-OH is 1. The third-order valence-electron chi connectivity index (χ3n) is 4.47. The maximum Gasteiger partial charge on any atom is 0.191 e. The zero-order valence-corrected chi connectivity index (χ0v) is 15.1. The second kappa shape index (κ2) is 9.52. The van der Waals surface area contributed by atoms with E-state index in [0.29, 0.717) is 12.6 Å². The first kappa shape index (κ1) is 18.6. The lowest BCUT2D eigenvalue weighted by Gasteiger charge is -2.27. The van der Waals surface area contributed by atoms with Gasteiger partial charge in [0.15, 0.2) is 5.96 Å². The van der Waals surface area contributed by atoms with Crippen LogP contribution < -0.4 is 15.4 Å². The Morgan fingerprint density at radius 3 is 2.71 bits per heavy atom. The molecule has 0 aliphatic heterocycles. The number of guanidine groups is 1. The monoisotopic (exact) mass is 333 g/mol. The van der Waals surface area contributed by atoms with E-state index in [-0.39, 0.29) is 6.10 Å². The highest BCUT2D eigenvalue weighted by molar-refractivity contribution is 5.80. The van der Waals surface area contributed by atoms with Crippen molar-refractivity contribution in [3.8, 4) is 5.75 Å². The van der Waals surface area contributed by atoms with Crippen LogP contribution >= 0.6 is 0 Å². The second-order valence-electron chi connectivity index (χ2n) is 6.48. The van der Waals surface area contributed by atoms with Crippen molar-refractivity contribution in [2.24, 2.45) is 4.99 Å². The van der Waals surface area contributed by atoms with Crippen LogP contribution in [0.5, 0.6) is 5.75 Å². The molecule has 2 rings (SSSR count). The van der Waals surface area contributed by atoms with Crippen molar-refractivity contribution in [3.63, 3.8) is 0 Å². The van der Waals surface area contributed by atoms with Crippen LogP contribution in [0.15, 0.2) is 23.2 Å². The molecule has 5 nitrogen and oxygen atoms in total. The summed E-state index contributed by atoms with van der Waals surface area (Å²) >= 11 is 0. The van der Waals surface area contributed by atoms with Gasteiger partial charge in [0.05, 0.1) is 13.2 Å². The number of aryl methyl sites for hydroxylation is 1. The fourth-order valence-electron chi connectivity index (χ4n) is 3.12. The van der Waals surface area contributed by atoms with Gasteiger partial charge in [0.1, 0.15) is 5.75 Å². The fourth-order valence-corrected chi connectivity index (χ4v) is 3.12. The highest BCUT2D eigenvalue weighted by Crippen LogP contribution is 2.20. The van der Waals surface area contributed by atoms with Gasteiger partial charge in [-0.3, -0.25) is 4.99 Å². The summed E-state index contributed by atoms with van der Waals surface area (Å²) in [7, 11) is 1.71. The maximum atomic E-state index is 9.62. The van der Waals surface area contributed by atoms with Gasteiger partial charge in [-0.2, -0.15) is 0 Å². The van der Waals surface area contributed by atoms with Crippen LogP contribution in [0.3, 0.4) is 0 Å². The van der Waals surface area contributed by atoms with Gasteiger partial charge in [-0.1, -0.05) is 17.7 Å². The van der Waals surface area contributed by atoms with Crippen molar-refractivity contribution in [2.75, 3.05) is 20.2 Å². The average Bonchev–Trinajstić information content (AvgIpc) is 2.57. The maximum absolute atomic E-state index is 9.62. The van der Waals surface area contributed by atoms with Crippen LogP contribution in [0, 0.1) is 6.92 Å². The molecule has 1 aromatic rings. The number of aliphatic imine (C=N–C) groups is 1. The van der Waals surface area contributed by atoms with Gasteiger partial charge < -0.3 is 20.5 Å². The highest BCUT2D eigenvalue weighted by atomic mass is 16.5. The molecule has 0 radical (unpaired) electrons. The molecule has 0 spiro atoms. The van der Waals surface area contributed by atoms with Crippen molar-refractivity contribution in [1.82, 2.24) is 10.6 Å². The molecule has 0 aromatic heterocycles. The average molecular weight is 333 g/mol. The van der Waals surface area contributed by atoms with Crippen molar-refractivity contribution in [2.45, 2.75) is 58.1 Å². The standard InChI is InChI=1S/C19H31N3O2/c1-4-20-19(22-16-6-8-17(23)9-7-16)21-12-11-15-13-14(2)5-10-18(15)24-3/h5,10,13,16-17,23H,4,6-9,11-12H2,1-3H3,(H2,20,21,22). The van der Waals surface area contributed by atoms with E-state index >= 15 is 0 Å². The molecular weight excluding hydrogens is 302 g/mol. The highest BCUT2D eigenvalue weighted by Gasteiger charge is 2.19. The molecule has 134 valence electrons. The van der Waals surface area contributed by atoms with Crippen LogP contribution in [0.1, 0.15) is 43.7 Å². The van der Waals surface area contributed by atoms with Crippen molar-refractivity contribution in [1.29, 1.82) is 0 Å². The zero-order valence-electron chi connectivity index (χ0n) is 15.1. The quantitative estimate of drug-likeness (QED) is 0.552. The Balaban J connectivity index is 1.92. The smallest absolute Gasteiger partial charge is 0.191 e. The Morgan fingerprint density at radius 1 is 1.29 bits per heavy atom. The van der Waals surface area contributed by atoms with E-state index in [1.165, 1.54) is 11.1 Å². The molecule has 1 aliphatic carbocycles. The topological polar surface area (TPSA) is 65.9 Å². The minimum Gasteiger partial charge on any atom is -0.496 e. The third-order valence-corrected chi connectivity index (χ3v) is 4.47. The first-order valence-electron chi connectivity index (χ1n) is 8.98. The molecule has 0 unspecified atom stereocenters. The molecule has 0 saturated heterocycles. The molecule has 5 heteroatoms. The van der Waals surface area contributed by atoms with E-state index < -0.39 is 0 Å². The van der Waals surface area contributed by atoms with E-state index in [2.05, 4.69) is 36.6 Å². The number of hydrogen-bond acceptors (Lipinski definition) is 3. The number of nitrogens with one attached hydrogen (secondary N) is 2. The Kier molecular flexibility index (Phi) is 7.37. The summed E-state index contributed by atoms with van der Waals surface area (Å²) in [5, 5.41) is 16.4. The number of aliphatic hydroxyl groups is 1. The molecule has 1 fully saturated rings. The summed E-state index contributed by atoms with van der Waals surface area (Å²) in [6, 6.07) is 6.65. The van der Waals surface area contributed by atoms with Crippen LogP contribution in [-0.2, 0) is 6.42 Å². The van der Waals surface area contributed by atoms with E-state index in [9.17, 15) is 5.11 Å².